The van der Waals surface area contributed by atoms with Crippen LogP contribution in [0.25, 0.3) is 11.4 Å². The second kappa shape index (κ2) is 10.9. The maximum Gasteiger partial charge on any atom is 0.416 e. The number of aromatic nitrogens is 3. The Morgan fingerprint density at radius 2 is 1.85 bits per heavy atom. The largest absolute Gasteiger partial charge is 0.416 e. The van der Waals surface area contributed by atoms with Crippen molar-refractivity contribution in [2.45, 2.75) is 12.7 Å². The maximum absolute atomic E-state index is 13.0. The van der Waals surface area contributed by atoms with Gasteiger partial charge in [-0.05, 0) is 29.8 Å². The van der Waals surface area contributed by atoms with Crippen LogP contribution in [-0.2, 0) is 12.7 Å². The number of benzene rings is 2. The number of nitrogens with one attached hydrogen (secondary N) is 2. The Morgan fingerprint density at radius 3 is 2.52 bits per heavy atom. The minimum Gasteiger partial charge on any atom is -0.368 e. The molecule has 1 fully saturated rings. The molecule has 0 saturated carbocycles. The summed E-state index contributed by atoms with van der Waals surface area (Å²) >= 11 is 0. The third-order valence-electron chi connectivity index (χ3n) is 5.40. The first-order valence-corrected chi connectivity index (χ1v) is 10.3. The Hall–Kier alpha value is -2.83. The van der Waals surface area contributed by atoms with Gasteiger partial charge in [-0.1, -0.05) is 24.3 Å². The number of aromatic amines is 1. The van der Waals surface area contributed by atoms with Crippen molar-refractivity contribution in [3.8, 4) is 11.4 Å². The van der Waals surface area contributed by atoms with Crippen molar-refractivity contribution < 1.29 is 13.2 Å². The number of rotatable bonds is 4. The fourth-order valence-electron chi connectivity index (χ4n) is 3.74. The summed E-state index contributed by atoms with van der Waals surface area (Å²) in [5, 5.41) is 10.1. The SMILES string of the molecule is CN=C(NCc1cccc(-c2ncn[nH]2)c1)N1CCN(c2cccc(C(F)(F)F)c2)CC1.I. The molecule has 0 atom stereocenters. The third-order valence-corrected chi connectivity index (χ3v) is 5.40. The average Bonchev–Trinajstić information content (AvgIpc) is 3.35. The van der Waals surface area contributed by atoms with Crippen LogP contribution < -0.4 is 10.2 Å². The molecule has 1 aromatic heterocycles. The zero-order valence-corrected chi connectivity index (χ0v) is 20.3. The number of guanidine groups is 1. The van der Waals surface area contributed by atoms with E-state index in [1.807, 2.05) is 29.2 Å². The van der Waals surface area contributed by atoms with Gasteiger partial charge >= 0.3 is 6.18 Å². The lowest BCUT2D eigenvalue weighted by molar-refractivity contribution is -0.137. The van der Waals surface area contributed by atoms with Crippen LogP contribution in [0.15, 0.2) is 59.9 Å². The molecule has 2 aromatic carbocycles. The number of nitrogens with zero attached hydrogens (tertiary/aromatic N) is 5. The van der Waals surface area contributed by atoms with E-state index in [1.54, 1.807) is 13.1 Å². The molecule has 0 unspecified atom stereocenters. The number of alkyl halides is 3. The predicted molar refractivity (Wildman–Crippen MR) is 133 cm³/mol. The summed E-state index contributed by atoms with van der Waals surface area (Å²) in [6, 6.07) is 13.5. The molecule has 0 spiro atoms. The van der Waals surface area contributed by atoms with E-state index in [2.05, 4.69) is 30.4 Å². The van der Waals surface area contributed by atoms with Crippen LogP contribution in [0.1, 0.15) is 11.1 Å². The quantitative estimate of drug-likeness (QED) is 0.282. The van der Waals surface area contributed by atoms with Gasteiger partial charge in [-0.15, -0.1) is 24.0 Å². The van der Waals surface area contributed by atoms with E-state index in [1.165, 1.54) is 18.5 Å². The van der Waals surface area contributed by atoms with Gasteiger partial charge in [0.15, 0.2) is 11.8 Å². The van der Waals surface area contributed by atoms with Crippen molar-refractivity contribution in [1.82, 2.24) is 25.4 Å². The molecule has 2 N–H and O–H groups in total. The highest BCUT2D eigenvalue weighted by Crippen LogP contribution is 2.31. The van der Waals surface area contributed by atoms with Gasteiger partial charge in [-0.3, -0.25) is 10.1 Å². The molecule has 11 heteroatoms. The van der Waals surface area contributed by atoms with Crippen LogP contribution in [-0.4, -0.2) is 59.3 Å². The number of aliphatic imine (C=N–C) groups is 1. The molecule has 1 saturated heterocycles. The molecule has 0 bridgehead atoms. The van der Waals surface area contributed by atoms with Crippen molar-refractivity contribution >= 4 is 35.6 Å². The highest BCUT2D eigenvalue weighted by atomic mass is 127. The van der Waals surface area contributed by atoms with Gasteiger partial charge in [-0.25, -0.2) is 4.98 Å². The number of hydrogen-bond donors (Lipinski definition) is 2. The Morgan fingerprint density at radius 1 is 1.09 bits per heavy atom. The molecule has 2 heterocycles. The molecule has 176 valence electrons. The minimum atomic E-state index is -4.34. The lowest BCUT2D eigenvalue weighted by Gasteiger charge is -2.37. The van der Waals surface area contributed by atoms with Crippen LogP contribution in [0.2, 0.25) is 0 Å². The smallest absolute Gasteiger partial charge is 0.368 e. The number of halogens is 4. The number of piperazine rings is 1. The highest BCUT2D eigenvalue weighted by Gasteiger charge is 2.31. The molecule has 0 radical (unpaired) electrons. The Labute approximate surface area is 207 Å². The van der Waals surface area contributed by atoms with Crippen molar-refractivity contribution in [1.29, 1.82) is 0 Å². The fourth-order valence-corrected chi connectivity index (χ4v) is 3.74. The number of anilines is 1. The zero-order valence-electron chi connectivity index (χ0n) is 18.0. The lowest BCUT2D eigenvalue weighted by atomic mass is 10.1. The monoisotopic (exact) mass is 571 g/mol. The lowest BCUT2D eigenvalue weighted by Crippen LogP contribution is -2.52. The molecule has 0 aliphatic carbocycles. The van der Waals surface area contributed by atoms with Crippen LogP contribution in [0.4, 0.5) is 18.9 Å². The molecular weight excluding hydrogens is 546 g/mol. The van der Waals surface area contributed by atoms with Crippen molar-refractivity contribution in [2.24, 2.45) is 4.99 Å². The Kier molecular flexibility index (Phi) is 8.16. The molecule has 1 aliphatic rings. The van der Waals surface area contributed by atoms with E-state index in [9.17, 15) is 13.2 Å². The standard InChI is InChI=1S/C22H24F3N7.HI/c1-26-21(27-14-16-4-2-5-17(12-16)20-28-15-29-30-20)32-10-8-31(9-11-32)19-7-3-6-18(13-19)22(23,24)25;/h2-7,12-13,15H,8-11,14H2,1H3,(H,26,27)(H,28,29,30);1H. The van der Waals surface area contributed by atoms with Gasteiger partial charge < -0.3 is 15.1 Å². The Balaban J connectivity index is 0.00000306. The summed E-state index contributed by atoms with van der Waals surface area (Å²) in [6.45, 7) is 3.14. The van der Waals surface area contributed by atoms with Crippen molar-refractivity contribution in [2.75, 3.05) is 38.1 Å². The predicted octanol–water partition coefficient (Wildman–Crippen LogP) is 4.01. The summed E-state index contributed by atoms with van der Waals surface area (Å²) in [6.07, 6.45) is -2.87. The normalized spacial score (nSPS) is 14.7. The summed E-state index contributed by atoms with van der Waals surface area (Å²) in [4.78, 5) is 12.6. The van der Waals surface area contributed by atoms with Crippen molar-refractivity contribution in [3.63, 3.8) is 0 Å². The van der Waals surface area contributed by atoms with Gasteiger partial charge in [0.2, 0.25) is 0 Å². The third kappa shape index (κ3) is 6.15. The summed E-state index contributed by atoms with van der Waals surface area (Å²) in [5.74, 6) is 1.47. The first-order valence-electron chi connectivity index (χ1n) is 10.3. The summed E-state index contributed by atoms with van der Waals surface area (Å²) in [5.41, 5.74) is 1.99. The first kappa shape index (κ1) is 24.8. The highest BCUT2D eigenvalue weighted by molar-refractivity contribution is 14.0. The summed E-state index contributed by atoms with van der Waals surface area (Å²) < 4.78 is 39.1. The van der Waals surface area contributed by atoms with Crippen LogP contribution >= 0.6 is 24.0 Å². The maximum atomic E-state index is 13.0. The van der Waals surface area contributed by atoms with Crippen LogP contribution in [0, 0.1) is 0 Å². The van der Waals surface area contributed by atoms with E-state index in [0.717, 1.165) is 23.2 Å². The number of H-pyrrole nitrogens is 1. The fraction of sp³-hybridized carbons (Fsp3) is 0.318. The van der Waals surface area contributed by atoms with E-state index in [-0.39, 0.29) is 24.0 Å². The summed E-state index contributed by atoms with van der Waals surface area (Å²) in [7, 11) is 1.73. The molecule has 7 nitrogen and oxygen atoms in total. The van der Waals surface area contributed by atoms with Gasteiger partial charge in [0.05, 0.1) is 5.56 Å². The van der Waals surface area contributed by atoms with Gasteiger partial charge in [0.1, 0.15) is 6.33 Å². The van der Waals surface area contributed by atoms with Gasteiger partial charge in [0.25, 0.3) is 0 Å². The molecule has 0 amide bonds. The second-order valence-corrected chi connectivity index (χ2v) is 7.46. The van der Waals surface area contributed by atoms with E-state index >= 15 is 0 Å². The molecule has 4 rings (SSSR count). The molecule has 33 heavy (non-hydrogen) atoms. The van der Waals surface area contributed by atoms with Crippen LogP contribution in [0.5, 0.6) is 0 Å². The topological polar surface area (TPSA) is 72.4 Å². The van der Waals surface area contributed by atoms with E-state index < -0.39 is 11.7 Å². The number of hydrogen-bond acceptors (Lipinski definition) is 4. The molecule has 3 aromatic rings. The van der Waals surface area contributed by atoms with Gasteiger partial charge in [-0.2, -0.15) is 18.3 Å². The molecular formula is C22H25F3IN7. The van der Waals surface area contributed by atoms with E-state index in [4.69, 9.17) is 0 Å². The second-order valence-electron chi connectivity index (χ2n) is 7.46. The zero-order chi connectivity index (χ0) is 22.6. The Bertz CT molecular complexity index is 1060. The van der Waals surface area contributed by atoms with Gasteiger partial charge in [0, 0.05) is 51.0 Å². The van der Waals surface area contributed by atoms with Crippen LogP contribution in [0.3, 0.4) is 0 Å². The minimum absolute atomic E-state index is 0. The average molecular weight is 571 g/mol. The van der Waals surface area contributed by atoms with Crippen molar-refractivity contribution in [3.05, 3.63) is 66.0 Å². The van der Waals surface area contributed by atoms with E-state index in [0.29, 0.717) is 44.2 Å². The first-order chi connectivity index (χ1) is 15.4. The molecule has 1 aliphatic heterocycles.